The number of nitrogens with zero attached hydrogens (tertiary/aromatic N) is 1. The van der Waals surface area contributed by atoms with Crippen LogP contribution < -0.4 is 10.6 Å². The minimum absolute atomic E-state index is 0.439. The standard InChI is InChI=1S/C15H16F2N2/c1-2-19(15-5-3-4-14(18)9-15)10-11-6-12(16)8-13(17)7-11/h3-9H,2,10,18H2,1H3. The monoisotopic (exact) mass is 262 g/mol. The Morgan fingerprint density at radius 1 is 1.05 bits per heavy atom. The number of nitrogen functional groups attached to an aromatic ring is 1. The van der Waals surface area contributed by atoms with E-state index in [0.29, 0.717) is 17.8 Å². The Bertz CT molecular complexity index is 550. The highest BCUT2D eigenvalue weighted by Crippen LogP contribution is 2.20. The Balaban J connectivity index is 2.23. The maximum Gasteiger partial charge on any atom is 0.126 e. The van der Waals surface area contributed by atoms with Crippen LogP contribution >= 0.6 is 0 Å². The minimum atomic E-state index is -0.557. The van der Waals surface area contributed by atoms with E-state index in [-0.39, 0.29) is 0 Å². The molecule has 0 aromatic heterocycles. The van der Waals surface area contributed by atoms with Gasteiger partial charge in [0, 0.05) is 30.5 Å². The molecule has 2 N–H and O–H groups in total. The number of halogens is 2. The van der Waals surface area contributed by atoms with E-state index in [4.69, 9.17) is 5.73 Å². The van der Waals surface area contributed by atoms with Gasteiger partial charge in [0.15, 0.2) is 0 Å². The molecule has 100 valence electrons. The van der Waals surface area contributed by atoms with E-state index < -0.39 is 11.6 Å². The third-order valence-electron chi connectivity index (χ3n) is 2.91. The lowest BCUT2D eigenvalue weighted by Crippen LogP contribution is -2.22. The fraction of sp³-hybridized carbons (Fsp3) is 0.200. The zero-order valence-corrected chi connectivity index (χ0v) is 10.7. The Morgan fingerprint density at radius 3 is 2.32 bits per heavy atom. The summed E-state index contributed by atoms with van der Waals surface area (Å²) in [5.74, 6) is -1.11. The number of hydrogen-bond donors (Lipinski definition) is 1. The summed E-state index contributed by atoms with van der Waals surface area (Å²) in [6.45, 7) is 3.15. The third kappa shape index (κ3) is 3.44. The largest absolute Gasteiger partial charge is 0.399 e. The lowest BCUT2D eigenvalue weighted by Gasteiger charge is -2.23. The summed E-state index contributed by atoms with van der Waals surface area (Å²) < 4.78 is 26.3. The van der Waals surface area contributed by atoms with Gasteiger partial charge in [0.25, 0.3) is 0 Å². The molecule has 0 saturated heterocycles. The van der Waals surface area contributed by atoms with Gasteiger partial charge in [0.05, 0.1) is 0 Å². The van der Waals surface area contributed by atoms with Crippen LogP contribution in [0.5, 0.6) is 0 Å². The van der Waals surface area contributed by atoms with Crippen molar-refractivity contribution in [3.05, 3.63) is 59.7 Å². The number of anilines is 2. The Hall–Kier alpha value is -2.10. The summed E-state index contributed by atoms with van der Waals surface area (Å²) in [5, 5.41) is 0. The highest BCUT2D eigenvalue weighted by atomic mass is 19.1. The second kappa shape index (κ2) is 5.69. The van der Waals surface area contributed by atoms with Crippen molar-refractivity contribution in [3.8, 4) is 0 Å². The molecule has 0 atom stereocenters. The molecule has 0 fully saturated rings. The summed E-state index contributed by atoms with van der Waals surface area (Å²) in [7, 11) is 0. The highest BCUT2D eigenvalue weighted by Gasteiger charge is 2.08. The summed E-state index contributed by atoms with van der Waals surface area (Å²) in [5.41, 5.74) is 7.95. The van der Waals surface area contributed by atoms with E-state index in [2.05, 4.69) is 0 Å². The number of rotatable bonds is 4. The van der Waals surface area contributed by atoms with Crippen molar-refractivity contribution in [2.45, 2.75) is 13.5 Å². The first kappa shape index (κ1) is 13.3. The minimum Gasteiger partial charge on any atom is -0.399 e. The fourth-order valence-corrected chi connectivity index (χ4v) is 2.03. The van der Waals surface area contributed by atoms with E-state index in [1.165, 1.54) is 12.1 Å². The Kier molecular flexibility index (Phi) is 4.00. The highest BCUT2D eigenvalue weighted by molar-refractivity contribution is 5.56. The molecular weight excluding hydrogens is 246 g/mol. The molecular formula is C15H16F2N2. The van der Waals surface area contributed by atoms with Crippen LogP contribution in [0.3, 0.4) is 0 Å². The Labute approximate surface area is 111 Å². The predicted octanol–water partition coefficient (Wildman–Crippen LogP) is 3.57. The van der Waals surface area contributed by atoms with E-state index >= 15 is 0 Å². The van der Waals surface area contributed by atoms with Gasteiger partial charge < -0.3 is 10.6 Å². The molecule has 0 spiro atoms. The van der Waals surface area contributed by atoms with Crippen LogP contribution in [0.25, 0.3) is 0 Å². The van der Waals surface area contributed by atoms with E-state index in [1.54, 1.807) is 6.07 Å². The first-order valence-corrected chi connectivity index (χ1v) is 6.14. The quantitative estimate of drug-likeness (QED) is 0.853. The van der Waals surface area contributed by atoms with Gasteiger partial charge >= 0.3 is 0 Å². The van der Waals surface area contributed by atoms with Gasteiger partial charge in [-0.2, -0.15) is 0 Å². The van der Waals surface area contributed by atoms with Crippen molar-refractivity contribution in [1.82, 2.24) is 0 Å². The van der Waals surface area contributed by atoms with E-state index in [1.807, 2.05) is 30.0 Å². The number of nitrogens with two attached hydrogens (primary N) is 1. The van der Waals surface area contributed by atoms with Crippen LogP contribution in [0.4, 0.5) is 20.2 Å². The average Bonchev–Trinajstić information content (AvgIpc) is 2.34. The first-order chi connectivity index (χ1) is 9.08. The summed E-state index contributed by atoms with van der Waals surface area (Å²) in [6, 6.07) is 11.0. The molecule has 0 amide bonds. The second-order valence-corrected chi connectivity index (χ2v) is 4.39. The van der Waals surface area contributed by atoms with Crippen LogP contribution in [0, 0.1) is 11.6 Å². The molecule has 0 saturated carbocycles. The van der Waals surface area contributed by atoms with Gasteiger partial charge in [-0.3, -0.25) is 0 Å². The third-order valence-corrected chi connectivity index (χ3v) is 2.91. The van der Waals surface area contributed by atoms with Crippen molar-refractivity contribution in [2.75, 3.05) is 17.2 Å². The zero-order chi connectivity index (χ0) is 13.8. The molecule has 0 aliphatic carbocycles. The second-order valence-electron chi connectivity index (χ2n) is 4.39. The summed E-state index contributed by atoms with van der Waals surface area (Å²) in [6.07, 6.45) is 0. The van der Waals surface area contributed by atoms with E-state index in [0.717, 1.165) is 18.3 Å². The molecule has 19 heavy (non-hydrogen) atoms. The molecule has 2 rings (SSSR count). The van der Waals surface area contributed by atoms with Crippen LogP contribution in [0.2, 0.25) is 0 Å². The van der Waals surface area contributed by atoms with Crippen LogP contribution in [-0.2, 0) is 6.54 Å². The molecule has 0 radical (unpaired) electrons. The maximum atomic E-state index is 13.2. The van der Waals surface area contributed by atoms with Crippen LogP contribution in [0.15, 0.2) is 42.5 Å². The molecule has 0 bridgehead atoms. The van der Waals surface area contributed by atoms with E-state index in [9.17, 15) is 8.78 Å². The average molecular weight is 262 g/mol. The van der Waals surface area contributed by atoms with Gasteiger partial charge in [-0.15, -0.1) is 0 Å². The predicted molar refractivity (Wildman–Crippen MR) is 73.9 cm³/mol. The molecule has 0 heterocycles. The fourth-order valence-electron chi connectivity index (χ4n) is 2.03. The first-order valence-electron chi connectivity index (χ1n) is 6.14. The molecule has 0 aliphatic heterocycles. The summed E-state index contributed by atoms with van der Waals surface area (Å²) in [4.78, 5) is 2.00. The maximum absolute atomic E-state index is 13.2. The molecule has 0 aliphatic rings. The van der Waals surface area contributed by atoms with Crippen LogP contribution in [-0.4, -0.2) is 6.54 Å². The van der Waals surface area contributed by atoms with Crippen molar-refractivity contribution in [3.63, 3.8) is 0 Å². The topological polar surface area (TPSA) is 29.3 Å². The molecule has 2 aromatic carbocycles. The van der Waals surface area contributed by atoms with Gasteiger partial charge in [-0.25, -0.2) is 8.78 Å². The van der Waals surface area contributed by atoms with Gasteiger partial charge in [0.1, 0.15) is 11.6 Å². The van der Waals surface area contributed by atoms with Crippen molar-refractivity contribution >= 4 is 11.4 Å². The molecule has 0 unspecified atom stereocenters. The SMILES string of the molecule is CCN(Cc1cc(F)cc(F)c1)c1cccc(N)c1. The van der Waals surface area contributed by atoms with Gasteiger partial charge in [-0.1, -0.05) is 6.07 Å². The summed E-state index contributed by atoms with van der Waals surface area (Å²) >= 11 is 0. The van der Waals surface area contributed by atoms with Crippen molar-refractivity contribution < 1.29 is 8.78 Å². The van der Waals surface area contributed by atoms with Crippen LogP contribution in [0.1, 0.15) is 12.5 Å². The smallest absolute Gasteiger partial charge is 0.126 e. The number of hydrogen-bond acceptors (Lipinski definition) is 2. The molecule has 2 aromatic rings. The normalized spacial score (nSPS) is 10.5. The lowest BCUT2D eigenvalue weighted by molar-refractivity contribution is 0.579. The van der Waals surface area contributed by atoms with Crippen molar-refractivity contribution in [1.29, 1.82) is 0 Å². The lowest BCUT2D eigenvalue weighted by atomic mass is 10.1. The number of benzene rings is 2. The molecule has 2 nitrogen and oxygen atoms in total. The zero-order valence-electron chi connectivity index (χ0n) is 10.7. The van der Waals surface area contributed by atoms with Gasteiger partial charge in [-0.05, 0) is 42.8 Å². The molecule has 4 heteroatoms. The van der Waals surface area contributed by atoms with Gasteiger partial charge in [0.2, 0.25) is 0 Å². The van der Waals surface area contributed by atoms with Crippen molar-refractivity contribution in [2.24, 2.45) is 0 Å². The Morgan fingerprint density at radius 2 is 1.74 bits per heavy atom.